The van der Waals surface area contributed by atoms with E-state index >= 15 is 0 Å². The Morgan fingerprint density at radius 3 is 2.85 bits per heavy atom. The molecule has 1 aromatic rings. The molecular weight excluding hydrogens is 160 g/mol. The summed E-state index contributed by atoms with van der Waals surface area (Å²) in [5.41, 5.74) is 11.7. The van der Waals surface area contributed by atoms with Gasteiger partial charge in [0.05, 0.1) is 0 Å². The molecule has 1 heterocycles. The SMILES string of the molecule is Cc1ccc2c(c1C)NCC=C2N. The highest BCUT2D eigenvalue weighted by molar-refractivity contribution is 5.80. The number of fused-ring (bicyclic) bond motifs is 1. The molecule has 0 amide bonds. The summed E-state index contributed by atoms with van der Waals surface area (Å²) in [7, 11) is 0. The first-order valence-corrected chi connectivity index (χ1v) is 4.50. The molecule has 0 unspecified atom stereocenters. The van der Waals surface area contributed by atoms with Crippen LogP contribution in [0.5, 0.6) is 0 Å². The van der Waals surface area contributed by atoms with Crippen molar-refractivity contribution in [3.8, 4) is 0 Å². The fraction of sp³-hybridized carbons (Fsp3) is 0.273. The molecule has 2 rings (SSSR count). The second-order valence-corrected chi connectivity index (χ2v) is 3.47. The van der Waals surface area contributed by atoms with Gasteiger partial charge in [-0.3, -0.25) is 0 Å². The van der Waals surface area contributed by atoms with Crippen LogP contribution in [0.1, 0.15) is 16.7 Å². The number of aryl methyl sites for hydroxylation is 1. The highest BCUT2D eigenvalue weighted by Gasteiger charge is 2.12. The number of hydrogen-bond donors (Lipinski definition) is 2. The lowest BCUT2D eigenvalue weighted by Crippen LogP contribution is -2.13. The molecule has 3 N–H and O–H groups in total. The minimum atomic E-state index is 0.836. The van der Waals surface area contributed by atoms with Crippen molar-refractivity contribution in [3.05, 3.63) is 34.9 Å². The lowest BCUT2D eigenvalue weighted by Gasteiger charge is -2.20. The van der Waals surface area contributed by atoms with Gasteiger partial charge in [-0.2, -0.15) is 0 Å². The number of benzene rings is 1. The second kappa shape index (κ2) is 2.80. The first-order chi connectivity index (χ1) is 6.20. The first kappa shape index (κ1) is 8.17. The minimum Gasteiger partial charge on any atom is -0.398 e. The Kier molecular flexibility index (Phi) is 1.76. The molecule has 0 aromatic heterocycles. The van der Waals surface area contributed by atoms with E-state index in [4.69, 9.17) is 5.73 Å². The molecule has 1 aliphatic heterocycles. The topological polar surface area (TPSA) is 38.0 Å². The summed E-state index contributed by atoms with van der Waals surface area (Å²) in [6, 6.07) is 4.19. The van der Waals surface area contributed by atoms with E-state index in [0.717, 1.165) is 17.8 Å². The van der Waals surface area contributed by atoms with Crippen molar-refractivity contribution in [1.82, 2.24) is 0 Å². The Labute approximate surface area is 78.5 Å². The quantitative estimate of drug-likeness (QED) is 0.631. The normalized spacial score (nSPS) is 14.5. The summed E-state index contributed by atoms with van der Waals surface area (Å²) >= 11 is 0. The summed E-state index contributed by atoms with van der Waals surface area (Å²) in [6.07, 6.45) is 2.01. The summed E-state index contributed by atoms with van der Waals surface area (Å²) in [4.78, 5) is 0. The Balaban J connectivity index is 2.65. The molecule has 13 heavy (non-hydrogen) atoms. The summed E-state index contributed by atoms with van der Waals surface area (Å²) in [5, 5.41) is 3.35. The molecule has 0 bridgehead atoms. The van der Waals surface area contributed by atoms with Gasteiger partial charge in [-0.25, -0.2) is 0 Å². The molecule has 0 aliphatic carbocycles. The van der Waals surface area contributed by atoms with Crippen LogP contribution in [0.2, 0.25) is 0 Å². The van der Waals surface area contributed by atoms with Gasteiger partial charge >= 0.3 is 0 Å². The zero-order valence-electron chi connectivity index (χ0n) is 8.02. The largest absolute Gasteiger partial charge is 0.398 e. The minimum absolute atomic E-state index is 0.836. The van der Waals surface area contributed by atoms with Gasteiger partial charge in [0.25, 0.3) is 0 Å². The van der Waals surface area contributed by atoms with E-state index in [2.05, 4.69) is 31.3 Å². The number of anilines is 1. The summed E-state index contributed by atoms with van der Waals surface area (Å²) in [5.74, 6) is 0. The van der Waals surface area contributed by atoms with Crippen molar-refractivity contribution in [2.45, 2.75) is 13.8 Å². The van der Waals surface area contributed by atoms with Gasteiger partial charge in [-0.15, -0.1) is 0 Å². The van der Waals surface area contributed by atoms with Crippen LogP contribution < -0.4 is 11.1 Å². The van der Waals surface area contributed by atoms with E-state index in [1.165, 1.54) is 16.8 Å². The number of nitrogens with one attached hydrogen (secondary N) is 1. The molecule has 0 saturated heterocycles. The maximum atomic E-state index is 5.89. The lowest BCUT2D eigenvalue weighted by atomic mass is 9.99. The molecule has 1 aliphatic rings. The van der Waals surface area contributed by atoms with Crippen molar-refractivity contribution < 1.29 is 0 Å². The van der Waals surface area contributed by atoms with Crippen molar-refractivity contribution in [2.75, 3.05) is 11.9 Å². The predicted octanol–water partition coefficient (Wildman–Crippen LogP) is 2.03. The van der Waals surface area contributed by atoms with Crippen LogP contribution in [0.3, 0.4) is 0 Å². The van der Waals surface area contributed by atoms with Crippen molar-refractivity contribution in [1.29, 1.82) is 0 Å². The molecule has 0 fully saturated rings. The van der Waals surface area contributed by atoms with E-state index < -0.39 is 0 Å². The van der Waals surface area contributed by atoms with Crippen LogP contribution in [0, 0.1) is 13.8 Å². The van der Waals surface area contributed by atoms with E-state index in [9.17, 15) is 0 Å². The molecule has 0 radical (unpaired) electrons. The molecule has 68 valence electrons. The molecular formula is C11H14N2. The van der Waals surface area contributed by atoms with E-state index in [0.29, 0.717) is 0 Å². The monoisotopic (exact) mass is 174 g/mol. The summed E-state index contributed by atoms with van der Waals surface area (Å²) in [6.45, 7) is 5.08. The molecule has 2 heteroatoms. The van der Waals surface area contributed by atoms with Crippen LogP contribution in [0.4, 0.5) is 5.69 Å². The lowest BCUT2D eigenvalue weighted by molar-refractivity contribution is 1.22. The highest BCUT2D eigenvalue weighted by atomic mass is 14.9. The number of hydrogen-bond acceptors (Lipinski definition) is 2. The van der Waals surface area contributed by atoms with Gasteiger partial charge in [0.1, 0.15) is 0 Å². The first-order valence-electron chi connectivity index (χ1n) is 4.50. The zero-order chi connectivity index (χ0) is 9.42. The van der Waals surface area contributed by atoms with Gasteiger partial charge in [-0.05, 0) is 31.1 Å². The fourth-order valence-electron chi connectivity index (χ4n) is 1.66. The molecule has 0 spiro atoms. The Hall–Kier alpha value is -1.44. The van der Waals surface area contributed by atoms with Crippen molar-refractivity contribution in [3.63, 3.8) is 0 Å². The van der Waals surface area contributed by atoms with Crippen LogP contribution >= 0.6 is 0 Å². The number of rotatable bonds is 0. The van der Waals surface area contributed by atoms with Gasteiger partial charge in [0.2, 0.25) is 0 Å². The molecule has 0 saturated carbocycles. The Morgan fingerprint density at radius 2 is 2.08 bits per heavy atom. The van der Waals surface area contributed by atoms with Crippen LogP contribution in [-0.2, 0) is 0 Å². The molecule has 1 aromatic carbocycles. The third kappa shape index (κ3) is 1.18. The average Bonchev–Trinajstić information content (AvgIpc) is 2.12. The van der Waals surface area contributed by atoms with Crippen LogP contribution in [0.25, 0.3) is 5.70 Å². The maximum absolute atomic E-state index is 5.89. The third-order valence-corrected chi connectivity index (χ3v) is 2.65. The van der Waals surface area contributed by atoms with Gasteiger partial charge < -0.3 is 11.1 Å². The number of nitrogens with two attached hydrogens (primary N) is 1. The summed E-state index contributed by atoms with van der Waals surface area (Å²) < 4.78 is 0. The zero-order valence-corrected chi connectivity index (χ0v) is 8.02. The third-order valence-electron chi connectivity index (χ3n) is 2.65. The molecule has 2 nitrogen and oxygen atoms in total. The van der Waals surface area contributed by atoms with E-state index in [1.807, 2.05) is 6.08 Å². The van der Waals surface area contributed by atoms with Crippen molar-refractivity contribution in [2.24, 2.45) is 5.73 Å². The Morgan fingerprint density at radius 1 is 1.31 bits per heavy atom. The second-order valence-electron chi connectivity index (χ2n) is 3.47. The van der Waals surface area contributed by atoms with Crippen molar-refractivity contribution >= 4 is 11.4 Å². The van der Waals surface area contributed by atoms with E-state index in [-0.39, 0.29) is 0 Å². The molecule has 0 atom stereocenters. The van der Waals surface area contributed by atoms with Crippen LogP contribution in [-0.4, -0.2) is 6.54 Å². The predicted molar refractivity (Wildman–Crippen MR) is 56.6 cm³/mol. The van der Waals surface area contributed by atoms with E-state index in [1.54, 1.807) is 0 Å². The standard InChI is InChI=1S/C11H14N2/c1-7-3-4-9-10(12)5-6-13-11(9)8(7)2/h3-5,13H,6,12H2,1-2H3. The van der Waals surface area contributed by atoms with Crippen LogP contribution in [0.15, 0.2) is 18.2 Å². The average molecular weight is 174 g/mol. The maximum Gasteiger partial charge on any atom is 0.0469 e. The van der Waals surface area contributed by atoms with Gasteiger partial charge in [0.15, 0.2) is 0 Å². The Bertz CT molecular complexity index is 378. The van der Waals surface area contributed by atoms with Gasteiger partial charge in [0, 0.05) is 23.5 Å². The van der Waals surface area contributed by atoms with Gasteiger partial charge in [-0.1, -0.05) is 12.1 Å². The highest BCUT2D eigenvalue weighted by Crippen LogP contribution is 2.29. The fourth-order valence-corrected chi connectivity index (χ4v) is 1.66. The smallest absolute Gasteiger partial charge is 0.0469 e.